The highest BCUT2D eigenvalue weighted by Crippen LogP contribution is 2.17. The molecular weight excluding hydrogens is 262 g/mol. The van der Waals surface area contributed by atoms with Gasteiger partial charge >= 0.3 is 5.97 Å². The Bertz CT molecular complexity index is 479. The van der Waals surface area contributed by atoms with Crippen LogP contribution in [-0.2, 0) is 23.2 Å². The Labute approximate surface area is 116 Å². The van der Waals surface area contributed by atoms with Crippen molar-refractivity contribution in [2.75, 3.05) is 19.6 Å². The third-order valence-electron chi connectivity index (χ3n) is 3.56. The van der Waals surface area contributed by atoms with Crippen molar-refractivity contribution in [3.8, 4) is 0 Å². The number of amides is 1. The summed E-state index contributed by atoms with van der Waals surface area (Å²) < 4.78 is 1.79. The number of carbonyl (C=O) groups excluding carboxylic acids is 1. The summed E-state index contributed by atoms with van der Waals surface area (Å²) in [6, 6.07) is 0. The Morgan fingerprint density at radius 1 is 1.45 bits per heavy atom. The molecule has 110 valence electrons. The second-order valence-electron chi connectivity index (χ2n) is 4.95. The Kier molecular flexibility index (Phi) is 4.67. The molecule has 0 bridgehead atoms. The van der Waals surface area contributed by atoms with E-state index in [1.165, 1.54) is 0 Å². The molecule has 20 heavy (non-hydrogen) atoms. The molecule has 8 heteroatoms. The molecule has 1 aliphatic rings. The van der Waals surface area contributed by atoms with Crippen molar-refractivity contribution in [1.29, 1.82) is 0 Å². The van der Waals surface area contributed by atoms with Crippen LogP contribution < -0.4 is 5.32 Å². The van der Waals surface area contributed by atoms with Crippen LogP contribution in [0.3, 0.4) is 0 Å². The number of carboxylic acids is 1. The molecule has 0 radical (unpaired) electrons. The van der Waals surface area contributed by atoms with E-state index in [9.17, 15) is 9.59 Å². The van der Waals surface area contributed by atoms with Crippen molar-refractivity contribution in [1.82, 2.24) is 25.0 Å². The lowest BCUT2D eigenvalue weighted by Crippen LogP contribution is -2.44. The second kappa shape index (κ2) is 6.47. The molecule has 8 nitrogen and oxygen atoms in total. The second-order valence-corrected chi connectivity index (χ2v) is 4.95. The zero-order valence-electron chi connectivity index (χ0n) is 11.4. The van der Waals surface area contributed by atoms with E-state index >= 15 is 0 Å². The highest BCUT2D eigenvalue weighted by Gasteiger charge is 2.26. The summed E-state index contributed by atoms with van der Waals surface area (Å²) in [6.45, 7) is 1.74. The lowest BCUT2D eigenvalue weighted by Gasteiger charge is -2.30. The van der Waals surface area contributed by atoms with Crippen LogP contribution in [0.1, 0.15) is 18.7 Å². The molecule has 2 N–H and O–H groups in total. The molecule has 1 aromatic rings. The van der Waals surface area contributed by atoms with Crippen LogP contribution in [0.25, 0.3) is 0 Å². The van der Waals surface area contributed by atoms with E-state index in [0.29, 0.717) is 32.5 Å². The zero-order chi connectivity index (χ0) is 14.5. The number of carbonyl (C=O) groups is 2. The highest BCUT2D eigenvalue weighted by atomic mass is 16.4. The van der Waals surface area contributed by atoms with Gasteiger partial charge in [0.2, 0.25) is 5.91 Å². The molecule has 1 amide bonds. The molecule has 0 unspecified atom stereocenters. The molecule has 0 atom stereocenters. The normalized spacial score (nSPS) is 16.4. The summed E-state index contributed by atoms with van der Waals surface area (Å²) in [5.41, 5.74) is 0. The number of piperidine rings is 1. The fraction of sp³-hybridized carbons (Fsp3) is 0.667. The number of carboxylic acid groups (broad SMARTS) is 1. The number of aryl methyl sites for hydroxylation is 1. The number of nitrogens with one attached hydrogen (secondary N) is 1. The van der Waals surface area contributed by atoms with E-state index in [1.807, 2.05) is 7.05 Å². The zero-order valence-corrected chi connectivity index (χ0v) is 11.4. The van der Waals surface area contributed by atoms with Gasteiger partial charge in [-0.25, -0.2) is 0 Å². The van der Waals surface area contributed by atoms with Gasteiger partial charge in [-0.2, -0.15) is 0 Å². The number of hydrogen-bond acceptors (Lipinski definition) is 5. The highest BCUT2D eigenvalue weighted by molar-refractivity contribution is 5.78. The average Bonchev–Trinajstić information content (AvgIpc) is 2.84. The predicted molar refractivity (Wildman–Crippen MR) is 69.6 cm³/mol. The van der Waals surface area contributed by atoms with Crippen LogP contribution in [-0.4, -0.2) is 56.3 Å². The standard InChI is InChI=1S/C12H19N5O3/c1-16-8-14-15-10(16)6-13-7-11(18)17-4-2-9(3-5-17)12(19)20/h8-9,13H,2-7H2,1H3,(H,19,20). The van der Waals surface area contributed by atoms with Gasteiger partial charge in [-0.15, -0.1) is 10.2 Å². The minimum absolute atomic E-state index is 0.00370. The maximum atomic E-state index is 12.0. The Morgan fingerprint density at radius 3 is 2.70 bits per heavy atom. The summed E-state index contributed by atoms with van der Waals surface area (Å²) in [6.07, 6.45) is 2.67. The number of rotatable bonds is 5. The predicted octanol–water partition coefficient (Wildman–Crippen LogP) is -0.772. The average molecular weight is 281 g/mol. The van der Waals surface area contributed by atoms with Crippen LogP contribution >= 0.6 is 0 Å². The molecular formula is C12H19N5O3. The van der Waals surface area contributed by atoms with Crippen LogP contribution in [0.15, 0.2) is 6.33 Å². The summed E-state index contributed by atoms with van der Waals surface area (Å²) >= 11 is 0. The van der Waals surface area contributed by atoms with Gasteiger partial charge in [-0.05, 0) is 12.8 Å². The minimum Gasteiger partial charge on any atom is -0.481 e. The molecule has 1 aliphatic heterocycles. The molecule has 0 aliphatic carbocycles. The summed E-state index contributed by atoms with van der Waals surface area (Å²) in [5, 5.41) is 19.6. The Morgan fingerprint density at radius 2 is 2.15 bits per heavy atom. The van der Waals surface area contributed by atoms with Gasteiger partial charge in [-0.3, -0.25) is 9.59 Å². The molecule has 0 spiro atoms. The van der Waals surface area contributed by atoms with Gasteiger partial charge in [0.1, 0.15) is 12.2 Å². The third-order valence-corrected chi connectivity index (χ3v) is 3.56. The van der Waals surface area contributed by atoms with E-state index in [0.717, 1.165) is 5.82 Å². The first-order chi connectivity index (χ1) is 9.58. The van der Waals surface area contributed by atoms with Crippen LogP contribution in [0.5, 0.6) is 0 Å². The van der Waals surface area contributed by atoms with Gasteiger partial charge in [0, 0.05) is 20.1 Å². The number of aromatic nitrogens is 3. The van der Waals surface area contributed by atoms with Crippen molar-refractivity contribution in [3.05, 3.63) is 12.2 Å². The maximum Gasteiger partial charge on any atom is 0.306 e. The first-order valence-corrected chi connectivity index (χ1v) is 6.62. The summed E-state index contributed by atoms with van der Waals surface area (Å²) in [4.78, 5) is 24.5. The largest absolute Gasteiger partial charge is 0.481 e. The van der Waals surface area contributed by atoms with Crippen molar-refractivity contribution >= 4 is 11.9 Å². The fourth-order valence-electron chi connectivity index (χ4n) is 2.24. The molecule has 2 heterocycles. The SMILES string of the molecule is Cn1cnnc1CNCC(=O)N1CCC(C(=O)O)CC1. The van der Waals surface area contributed by atoms with Crippen LogP contribution in [0.2, 0.25) is 0 Å². The van der Waals surface area contributed by atoms with Crippen LogP contribution in [0.4, 0.5) is 0 Å². The lowest BCUT2D eigenvalue weighted by molar-refractivity contribution is -0.145. The Hall–Kier alpha value is -1.96. The van der Waals surface area contributed by atoms with E-state index in [2.05, 4.69) is 15.5 Å². The van der Waals surface area contributed by atoms with E-state index < -0.39 is 5.97 Å². The number of hydrogen-bond donors (Lipinski definition) is 2. The van der Waals surface area contributed by atoms with Gasteiger partial charge < -0.3 is 19.9 Å². The van der Waals surface area contributed by atoms with E-state index in [4.69, 9.17) is 5.11 Å². The first kappa shape index (κ1) is 14.4. The monoisotopic (exact) mass is 281 g/mol. The summed E-state index contributed by atoms with van der Waals surface area (Å²) in [7, 11) is 1.84. The molecule has 1 saturated heterocycles. The molecule has 0 aromatic carbocycles. The Balaban J connectivity index is 1.71. The summed E-state index contributed by atoms with van der Waals surface area (Å²) in [5.74, 6) is -0.318. The molecule has 2 rings (SSSR count). The molecule has 1 aromatic heterocycles. The van der Waals surface area contributed by atoms with Gasteiger partial charge in [-0.1, -0.05) is 0 Å². The van der Waals surface area contributed by atoms with Crippen molar-refractivity contribution in [2.24, 2.45) is 13.0 Å². The topological polar surface area (TPSA) is 100 Å². The van der Waals surface area contributed by atoms with Gasteiger partial charge in [0.15, 0.2) is 0 Å². The van der Waals surface area contributed by atoms with E-state index in [1.54, 1.807) is 15.8 Å². The maximum absolute atomic E-state index is 12.0. The first-order valence-electron chi connectivity index (χ1n) is 6.62. The smallest absolute Gasteiger partial charge is 0.306 e. The van der Waals surface area contributed by atoms with Crippen molar-refractivity contribution in [3.63, 3.8) is 0 Å². The fourth-order valence-corrected chi connectivity index (χ4v) is 2.24. The van der Waals surface area contributed by atoms with E-state index in [-0.39, 0.29) is 18.4 Å². The quantitative estimate of drug-likeness (QED) is 0.735. The molecule has 1 fully saturated rings. The minimum atomic E-state index is -0.766. The lowest BCUT2D eigenvalue weighted by atomic mass is 9.97. The number of nitrogens with zero attached hydrogens (tertiary/aromatic N) is 4. The third kappa shape index (κ3) is 3.53. The van der Waals surface area contributed by atoms with Gasteiger partial charge in [0.05, 0.1) is 19.0 Å². The van der Waals surface area contributed by atoms with Gasteiger partial charge in [0.25, 0.3) is 0 Å². The van der Waals surface area contributed by atoms with Crippen molar-refractivity contribution in [2.45, 2.75) is 19.4 Å². The number of aliphatic carboxylic acids is 1. The van der Waals surface area contributed by atoms with Crippen molar-refractivity contribution < 1.29 is 14.7 Å². The molecule has 0 saturated carbocycles. The number of likely N-dealkylation sites (tertiary alicyclic amines) is 1. The van der Waals surface area contributed by atoms with Crippen LogP contribution in [0, 0.1) is 5.92 Å².